The fourth-order valence-electron chi connectivity index (χ4n) is 3.09. The Labute approximate surface area is 154 Å². The summed E-state index contributed by atoms with van der Waals surface area (Å²) < 4.78 is 4.02. The predicted molar refractivity (Wildman–Crippen MR) is 93.2 cm³/mol. The lowest BCUT2D eigenvalue weighted by Crippen LogP contribution is -2.32. The highest BCUT2D eigenvalue weighted by Gasteiger charge is 2.42. The van der Waals surface area contributed by atoms with Crippen molar-refractivity contribution < 1.29 is 0 Å². The van der Waals surface area contributed by atoms with E-state index >= 15 is 0 Å². The molecule has 0 aromatic carbocycles. The molecule has 0 amide bonds. The molecule has 2 aliphatic rings. The summed E-state index contributed by atoms with van der Waals surface area (Å²) in [5, 5.41) is 10.2. The zero-order chi connectivity index (χ0) is 16.5. The zero-order valence-corrected chi connectivity index (χ0v) is 15.8. The molecule has 0 saturated heterocycles. The van der Waals surface area contributed by atoms with Crippen molar-refractivity contribution in [3.63, 3.8) is 0 Å². The minimum absolute atomic E-state index is 0.270. The van der Waals surface area contributed by atoms with E-state index < -0.39 is 5.54 Å². The third kappa shape index (κ3) is 2.41. The fraction of sp³-hybridized carbons (Fsp3) is 0.600. The van der Waals surface area contributed by atoms with E-state index in [1.807, 2.05) is 13.8 Å². The van der Waals surface area contributed by atoms with Crippen LogP contribution in [0.2, 0.25) is 20.4 Å². The average Bonchev–Trinajstić information content (AvgIpc) is 3.42. The first-order valence-electron chi connectivity index (χ1n) is 7.70. The van der Waals surface area contributed by atoms with Crippen LogP contribution < -0.4 is 0 Å². The van der Waals surface area contributed by atoms with E-state index in [0.717, 1.165) is 24.5 Å². The monoisotopic (exact) mass is 392 g/mol. The largest absolute Gasteiger partial charge is 0.310 e. The molecule has 2 aliphatic carbocycles. The van der Waals surface area contributed by atoms with Crippen LogP contribution >= 0.6 is 46.4 Å². The Morgan fingerprint density at radius 2 is 1.48 bits per heavy atom. The summed E-state index contributed by atoms with van der Waals surface area (Å²) in [6.07, 6.45) is 4.70. The minimum Gasteiger partial charge on any atom is -0.310 e. The van der Waals surface area contributed by atoms with Crippen molar-refractivity contribution in [1.29, 1.82) is 0 Å². The van der Waals surface area contributed by atoms with Crippen molar-refractivity contribution in [1.82, 2.24) is 19.3 Å². The summed E-state index contributed by atoms with van der Waals surface area (Å²) >= 11 is 25.1. The third-order valence-corrected chi connectivity index (χ3v) is 6.37. The molecule has 2 aromatic heterocycles. The molecule has 8 heteroatoms. The molecule has 0 atom stereocenters. The first-order valence-corrected chi connectivity index (χ1v) is 9.21. The van der Waals surface area contributed by atoms with Gasteiger partial charge in [-0.25, -0.2) is 0 Å². The van der Waals surface area contributed by atoms with Gasteiger partial charge in [-0.1, -0.05) is 46.4 Å². The van der Waals surface area contributed by atoms with Crippen molar-refractivity contribution in [2.75, 3.05) is 0 Å². The van der Waals surface area contributed by atoms with Gasteiger partial charge >= 0.3 is 0 Å². The molecule has 0 unspecified atom stereocenters. The van der Waals surface area contributed by atoms with Crippen LogP contribution in [0.15, 0.2) is 0 Å². The number of hydrogen-bond acceptors (Lipinski definition) is 2. The summed E-state index contributed by atoms with van der Waals surface area (Å²) in [6.45, 7) is 4.02. The molecule has 4 nitrogen and oxygen atoms in total. The smallest absolute Gasteiger partial charge is 0.159 e. The molecule has 23 heavy (non-hydrogen) atoms. The molecule has 4 rings (SSSR count). The maximum atomic E-state index is 6.39. The van der Waals surface area contributed by atoms with Gasteiger partial charge in [0, 0.05) is 12.0 Å². The molecule has 124 valence electrons. The number of halogens is 4. The minimum atomic E-state index is -0.603. The molecule has 0 radical (unpaired) electrons. The van der Waals surface area contributed by atoms with Gasteiger partial charge in [0.1, 0.15) is 21.7 Å². The van der Waals surface area contributed by atoms with Crippen LogP contribution in [-0.2, 0) is 5.54 Å². The van der Waals surface area contributed by atoms with Gasteiger partial charge in [-0.05, 0) is 39.5 Å². The van der Waals surface area contributed by atoms with E-state index in [1.54, 1.807) is 4.57 Å². The average molecular weight is 394 g/mol. The first-order chi connectivity index (χ1) is 10.8. The van der Waals surface area contributed by atoms with Gasteiger partial charge in [-0.2, -0.15) is 0 Å². The number of hydrogen-bond donors (Lipinski definition) is 0. The lowest BCUT2D eigenvalue weighted by molar-refractivity contribution is 0.388. The van der Waals surface area contributed by atoms with Gasteiger partial charge in [0.05, 0.1) is 10.0 Å². The van der Waals surface area contributed by atoms with E-state index in [4.69, 9.17) is 46.4 Å². The van der Waals surface area contributed by atoms with E-state index in [0.29, 0.717) is 22.3 Å². The fourth-order valence-corrected chi connectivity index (χ4v) is 4.36. The summed E-state index contributed by atoms with van der Waals surface area (Å²) in [5.41, 5.74) is -0.603. The van der Waals surface area contributed by atoms with Crippen molar-refractivity contribution in [3.05, 3.63) is 32.0 Å². The van der Waals surface area contributed by atoms with Crippen LogP contribution in [0.3, 0.4) is 0 Å². The van der Waals surface area contributed by atoms with E-state index in [9.17, 15) is 0 Å². The Hall–Kier alpha value is -0.420. The number of aromatic nitrogens is 4. The molecule has 2 saturated carbocycles. The molecule has 2 fully saturated rings. The second kappa shape index (κ2) is 5.29. The summed E-state index contributed by atoms with van der Waals surface area (Å²) in [7, 11) is 0. The molecular weight excluding hydrogens is 378 g/mol. The van der Waals surface area contributed by atoms with E-state index in [1.165, 1.54) is 12.8 Å². The van der Waals surface area contributed by atoms with Gasteiger partial charge < -0.3 is 9.13 Å². The number of nitrogens with zero attached hydrogens (tertiary/aromatic N) is 4. The topological polar surface area (TPSA) is 35.6 Å². The summed E-state index contributed by atoms with van der Waals surface area (Å²) in [4.78, 5) is 0. The Bertz CT molecular complexity index is 758. The molecule has 0 spiro atoms. The standard InChI is InChI=1S/C15H16Cl4N4/c1-15(2,23-11(18)9(16)10(17)12(23)19)14-21-20-13(7-3-4-7)22(14)8-5-6-8/h7-8H,3-6H2,1-2H3. The van der Waals surface area contributed by atoms with E-state index in [2.05, 4.69) is 14.8 Å². The Morgan fingerprint density at radius 1 is 0.913 bits per heavy atom. The van der Waals surface area contributed by atoms with Crippen LogP contribution in [0, 0.1) is 0 Å². The second-order valence-corrected chi connectivity index (χ2v) is 8.33. The Balaban J connectivity index is 1.88. The van der Waals surface area contributed by atoms with Crippen molar-refractivity contribution in [2.24, 2.45) is 0 Å². The quantitative estimate of drug-likeness (QED) is 0.668. The lowest BCUT2D eigenvalue weighted by atomic mass is 10.0. The van der Waals surface area contributed by atoms with Crippen molar-refractivity contribution in [2.45, 2.75) is 57.0 Å². The van der Waals surface area contributed by atoms with Crippen LogP contribution in [-0.4, -0.2) is 19.3 Å². The number of rotatable bonds is 4. The van der Waals surface area contributed by atoms with Gasteiger partial charge in [0.25, 0.3) is 0 Å². The summed E-state index contributed by atoms with van der Waals surface area (Å²) in [6, 6.07) is 0.480. The SMILES string of the molecule is CC(C)(c1nnc(C2CC2)n1C1CC1)n1c(Cl)c(Cl)c(Cl)c1Cl. The molecule has 0 bridgehead atoms. The molecule has 2 aromatic rings. The van der Waals surface area contributed by atoms with Gasteiger partial charge in [0.15, 0.2) is 5.82 Å². The van der Waals surface area contributed by atoms with Gasteiger partial charge in [-0.15, -0.1) is 10.2 Å². The summed E-state index contributed by atoms with van der Waals surface area (Å²) in [5.74, 6) is 2.48. The highest BCUT2D eigenvalue weighted by atomic mass is 35.5. The highest BCUT2D eigenvalue weighted by Crippen LogP contribution is 2.48. The highest BCUT2D eigenvalue weighted by molar-refractivity contribution is 6.52. The van der Waals surface area contributed by atoms with E-state index in [-0.39, 0.29) is 10.0 Å². The van der Waals surface area contributed by atoms with Crippen LogP contribution in [0.1, 0.15) is 63.1 Å². The second-order valence-electron chi connectivity index (χ2n) is 6.86. The Kier molecular flexibility index (Phi) is 3.69. The maximum Gasteiger partial charge on any atom is 0.159 e. The van der Waals surface area contributed by atoms with Crippen LogP contribution in [0.4, 0.5) is 0 Å². The van der Waals surface area contributed by atoms with Crippen molar-refractivity contribution >= 4 is 46.4 Å². The predicted octanol–water partition coefficient (Wildman–Crippen LogP) is 5.69. The van der Waals surface area contributed by atoms with Crippen molar-refractivity contribution in [3.8, 4) is 0 Å². The zero-order valence-electron chi connectivity index (χ0n) is 12.8. The van der Waals surface area contributed by atoms with Crippen LogP contribution in [0.5, 0.6) is 0 Å². The van der Waals surface area contributed by atoms with Crippen LogP contribution in [0.25, 0.3) is 0 Å². The maximum absolute atomic E-state index is 6.39. The molecule has 2 heterocycles. The first kappa shape index (κ1) is 16.1. The third-order valence-electron chi connectivity index (χ3n) is 4.63. The molecular formula is C15H16Cl4N4. The molecule has 0 aliphatic heterocycles. The lowest BCUT2D eigenvalue weighted by Gasteiger charge is -2.29. The van der Waals surface area contributed by atoms with Gasteiger partial charge in [-0.3, -0.25) is 0 Å². The molecule has 0 N–H and O–H groups in total. The normalized spacial score (nSPS) is 18.7. The van der Waals surface area contributed by atoms with Gasteiger partial charge in [0.2, 0.25) is 0 Å². The Morgan fingerprint density at radius 3 is 1.96 bits per heavy atom.